The molecule has 0 aromatic heterocycles. The summed E-state index contributed by atoms with van der Waals surface area (Å²) < 4.78 is 0. The molecule has 0 bridgehead atoms. The summed E-state index contributed by atoms with van der Waals surface area (Å²) in [6.07, 6.45) is 2.27. The molecule has 3 rings (SSSR count). The van der Waals surface area contributed by atoms with E-state index in [2.05, 4.69) is 10.2 Å². The molecule has 1 aliphatic rings. The molecule has 2 aromatic carbocycles. The van der Waals surface area contributed by atoms with Crippen molar-refractivity contribution in [3.8, 4) is 0 Å². The quantitative estimate of drug-likeness (QED) is 0.597. The van der Waals surface area contributed by atoms with Crippen molar-refractivity contribution in [1.29, 1.82) is 0 Å². The Morgan fingerprint density at radius 3 is 2.59 bits per heavy atom. The maximum Gasteiger partial charge on any atom is 0.272 e. The van der Waals surface area contributed by atoms with Crippen LogP contribution in [0.15, 0.2) is 42.5 Å². The molecule has 0 aliphatic carbocycles. The van der Waals surface area contributed by atoms with Crippen LogP contribution in [0.3, 0.4) is 0 Å². The number of aryl methyl sites for hydroxylation is 1. The van der Waals surface area contributed by atoms with Crippen LogP contribution in [0, 0.1) is 17.0 Å². The maximum absolute atomic E-state index is 12.6. The van der Waals surface area contributed by atoms with E-state index in [1.54, 1.807) is 13.0 Å². The second-order valence-corrected chi connectivity index (χ2v) is 7.16. The number of carbonyl (C=O) groups is 1. The Bertz CT molecular complexity index is 850. The molecule has 142 valence electrons. The van der Waals surface area contributed by atoms with Crippen molar-refractivity contribution in [2.24, 2.45) is 0 Å². The van der Waals surface area contributed by atoms with Crippen molar-refractivity contribution in [1.82, 2.24) is 10.2 Å². The maximum atomic E-state index is 12.6. The van der Waals surface area contributed by atoms with Gasteiger partial charge in [-0.25, -0.2) is 0 Å². The van der Waals surface area contributed by atoms with Crippen molar-refractivity contribution in [2.45, 2.75) is 25.8 Å². The molecule has 1 fully saturated rings. The van der Waals surface area contributed by atoms with E-state index < -0.39 is 4.92 Å². The summed E-state index contributed by atoms with van der Waals surface area (Å²) in [5, 5.41) is 14.6. The van der Waals surface area contributed by atoms with Gasteiger partial charge in [0.25, 0.3) is 11.6 Å². The molecule has 27 heavy (non-hydrogen) atoms. The number of nitrogens with zero attached hydrogens (tertiary/aromatic N) is 2. The summed E-state index contributed by atoms with van der Waals surface area (Å²) in [5.74, 6) is -0.246. The molecule has 6 nitrogen and oxygen atoms in total. The van der Waals surface area contributed by atoms with Gasteiger partial charge in [-0.1, -0.05) is 29.8 Å². The zero-order valence-electron chi connectivity index (χ0n) is 15.2. The molecule has 1 unspecified atom stereocenters. The molecule has 0 saturated carbocycles. The zero-order valence-corrected chi connectivity index (χ0v) is 15.9. The van der Waals surface area contributed by atoms with E-state index in [1.165, 1.54) is 12.1 Å². The fourth-order valence-corrected chi connectivity index (χ4v) is 3.79. The Morgan fingerprint density at radius 1 is 1.26 bits per heavy atom. The second-order valence-electron chi connectivity index (χ2n) is 6.75. The summed E-state index contributed by atoms with van der Waals surface area (Å²) in [7, 11) is 0. The summed E-state index contributed by atoms with van der Waals surface area (Å²) >= 11 is 6.39. The zero-order chi connectivity index (χ0) is 19.4. The lowest BCUT2D eigenvalue weighted by molar-refractivity contribution is -0.385. The lowest BCUT2D eigenvalue weighted by Crippen LogP contribution is -2.37. The van der Waals surface area contributed by atoms with Gasteiger partial charge in [0.2, 0.25) is 0 Å². The molecule has 7 heteroatoms. The standard InChI is InChI=1S/C20H22ClN3O3/c1-14-12-15(8-9-18(14)24(26)27)20(25)22-13-19(23-10-4-5-11-23)16-6-2-3-7-17(16)21/h2-3,6-9,12,19H,4-5,10-11,13H2,1H3,(H,22,25). The van der Waals surface area contributed by atoms with E-state index in [9.17, 15) is 14.9 Å². The third kappa shape index (κ3) is 4.46. The van der Waals surface area contributed by atoms with E-state index in [4.69, 9.17) is 11.6 Å². The van der Waals surface area contributed by atoms with Crippen LogP contribution in [-0.4, -0.2) is 35.4 Å². The van der Waals surface area contributed by atoms with E-state index >= 15 is 0 Å². The first kappa shape index (κ1) is 19.3. The van der Waals surface area contributed by atoms with E-state index in [-0.39, 0.29) is 17.6 Å². The largest absolute Gasteiger partial charge is 0.350 e. The SMILES string of the molecule is Cc1cc(C(=O)NCC(c2ccccc2Cl)N2CCCC2)ccc1[N+](=O)[O-]. The van der Waals surface area contributed by atoms with Crippen molar-refractivity contribution in [3.63, 3.8) is 0 Å². The van der Waals surface area contributed by atoms with Crippen LogP contribution in [0.1, 0.15) is 40.4 Å². The molecule has 1 saturated heterocycles. The molecule has 0 spiro atoms. The first-order valence-corrected chi connectivity index (χ1v) is 9.37. The van der Waals surface area contributed by atoms with Crippen LogP contribution in [0.4, 0.5) is 5.69 Å². The minimum atomic E-state index is -0.447. The van der Waals surface area contributed by atoms with Crippen LogP contribution in [0.25, 0.3) is 0 Å². The smallest absolute Gasteiger partial charge is 0.272 e. The molecule has 1 heterocycles. The van der Waals surface area contributed by atoms with Gasteiger partial charge in [-0.15, -0.1) is 0 Å². The van der Waals surface area contributed by atoms with Crippen LogP contribution in [0.5, 0.6) is 0 Å². The number of nitro benzene ring substituents is 1. The Hall–Kier alpha value is -2.44. The minimum Gasteiger partial charge on any atom is -0.350 e. The Balaban J connectivity index is 1.75. The number of carbonyl (C=O) groups excluding carboxylic acids is 1. The topological polar surface area (TPSA) is 75.5 Å². The molecule has 0 radical (unpaired) electrons. The number of rotatable bonds is 6. The number of hydrogen-bond acceptors (Lipinski definition) is 4. The van der Waals surface area contributed by atoms with Crippen LogP contribution < -0.4 is 5.32 Å². The number of nitro groups is 1. The van der Waals surface area contributed by atoms with Gasteiger partial charge in [-0.2, -0.15) is 0 Å². The van der Waals surface area contributed by atoms with Crippen molar-refractivity contribution < 1.29 is 9.72 Å². The monoisotopic (exact) mass is 387 g/mol. The van der Waals surface area contributed by atoms with Gasteiger partial charge in [-0.05, 0) is 56.6 Å². The number of halogens is 1. The number of hydrogen-bond donors (Lipinski definition) is 1. The van der Waals surface area contributed by atoms with E-state index in [0.29, 0.717) is 22.7 Å². The Morgan fingerprint density at radius 2 is 1.96 bits per heavy atom. The van der Waals surface area contributed by atoms with Crippen LogP contribution in [-0.2, 0) is 0 Å². The first-order valence-electron chi connectivity index (χ1n) is 8.99. The number of amides is 1. The van der Waals surface area contributed by atoms with Crippen LogP contribution in [0.2, 0.25) is 5.02 Å². The van der Waals surface area contributed by atoms with Gasteiger partial charge in [0.1, 0.15) is 0 Å². The van der Waals surface area contributed by atoms with E-state index in [0.717, 1.165) is 31.5 Å². The first-order chi connectivity index (χ1) is 13.0. The molecule has 2 aromatic rings. The number of likely N-dealkylation sites (tertiary alicyclic amines) is 1. The highest BCUT2D eigenvalue weighted by Crippen LogP contribution is 2.29. The summed E-state index contributed by atoms with van der Waals surface area (Å²) in [6.45, 7) is 4.01. The average molecular weight is 388 g/mol. The Labute approximate surface area is 163 Å². The number of nitrogens with one attached hydrogen (secondary N) is 1. The van der Waals surface area contributed by atoms with Gasteiger partial charge in [0, 0.05) is 28.8 Å². The number of benzene rings is 2. The predicted molar refractivity (Wildman–Crippen MR) is 105 cm³/mol. The van der Waals surface area contributed by atoms with Crippen molar-refractivity contribution in [3.05, 3.63) is 74.3 Å². The third-order valence-corrected chi connectivity index (χ3v) is 5.30. The minimum absolute atomic E-state index is 0.00398. The highest BCUT2D eigenvalue weighted by molar-refractivity contribution is 6.31. The third-order valence-electron chi connectivity index (χ3n) is 4.96. The fraction of sp³-hybridized carbons (Fsp3) is 0.350. The lowest BCUT2D eigenvalue weighted by Gasteiger charge is -2.29. The Kier molecular flexibility index (Phi) is 6.08. The summed E-state index contributed by atoms with van der Waals surface area (Å²) in [4.78, 5) is 25.4. The summed E-state index contributed by atoms with van der Waals surface area (Å²) in [6, 6.07) is 12.1. The summed E-state index contributed by atoms with van der Waals surface area (Å²) in [5.41, 5.74) is 1.89. The molecule has 1 amide bonds. The normalized spacial score (nSPS) is 15.5. The molecule has 1 N–H and O–H groups in total. The van der Waals surface area contributed by atoms with Gasteiger partial charge >= 0.3 is 0 Å². The highest BCUT2D eigenvalue weighted by atomic mass is 35.5. The molecular weight excluding hydrogens is 366 g/mol. The van der Waals surface area contributed by atoms with Gasteiger partial charge < -0.3 is 5.32 Å². The average Bonchev–Trinajstić information content (AvgIpc) is 3.17. The molecule has 1 atom stereocenters. The predicted octanol–water partition coefficient (Wildman–Crippen LogP) is 4.12. The van der Waals surface area contributed by atoms with E-state index in [1.807, 2.05) is 24.3 Å². The van der Waals surface area contributed by atoms with Crippen LogP contribution >= 0.6 is 11.6 Å². The molecular formula is C20H22ClN3O3. The van der Waals surface area contributed by atoms with Gasteiger partial charge in [-0.3, -0.25) is 19.8 Å². The van der Waals surface area contributed by atoms with Gasteiger partial charge in [0.15, 0.2) is 0 Å². The van der Waals surface area contributed by atoms with Crippen molar-refractivity contribution in [2.75, 3.05) is 19.6 Å². The van der Waals surface area contributed by atoms with Gasteiger partial charge in [0.05, 0.1) is 11.0 Å². The second kappa shape index (κ2) is 8.50. The fourth-order valence-electron chi connectivity index (χ4n) is 3.53. The lowest BCUT2D eigenvalue weighted by atomic mass is 10.0. The molecule has 1 aliphatic heterocycles. The van der Waals surface area contributed by atoms with Crippen molar-refractivity contribution >= 4 is 23.2 Å². The highest BCUT2D eigenvalue weighted by Gasteiger charge is 2.25.